The molecule has 1 aliphatic rings. The van der Waals surface area contributed by atoms with E-state index >= 15 is 0 Å². The van der Waals surface area contributed by atoms with E-state index in [9.17, 15) is 0 Å². The van der Waals surface area contributed by atoms with Gasteiger partial charge in [-0.15, -0.1) is 0 Å². The van der Waals surface area contributed by atoms with Gasteiger partial charge in [-0.25, -0.2) is 0 Å². The largest absolute Gasteiger partial charge is 0.327 e. The van der Waals surface area contributed by atoms with Crippen LogP contribution < -0.4 is 5.73 Å². The van der Waals surface area contributed by atoms with Gasteiger partial charge in [-0.1, -0.05) is 32.1 Å². The van der Waals surface area contributed by atoms with Gasteiger partial charge in [0.25, 0.3) is 0 Å². The van der Waals surface area contributed by atoms with Crippen LogP contribution in [0, 0.1) is 5.92 Å². The second-order valence-electron chi connectivity index (χ2n) is 4.84. The second kappa shape index (κ2) is 5.66. The topological polar surface area (TPSA) is 26.0 Å². The summed E-state index contributed by atoms with van der Waals surface area (Å²) in [6.07, 6.45) is 9.42. The Bertz CT molecular complexity index is 262. The van der Waals surface area contributed by atoms with Crippen LogP contribution in [0.1, 0.15) is 44.1 Å². The summed E-state index contributed by atoms with van der Waals surface area (Å²) in [5, 5.41) is 4.36. The zero-order valence-corrected chi connectivity index (χ0v) is 10.1. The Morgan fingerprint density at radius 3 is 2.80 bits per heavy atom. The standard InChI is InChI=1S/C13H21NS/c14-13(9-12-6-7-15-10-12)8-11-4-2-1-3-5-11/h6-7,10-11,13H,1-5,8-9,14H2. The highest BCUT2D eigenvalue weighted by molar-refractivity contribution is 7.07. The first-order chi connectivity index (χ1) is 7.34. The Morgan fingerprint density at radius 1 is 1.33 bits per heavy atom. The normalized spacial score (nSPS) is 20.3. The van der Waals surface area contributed by atoms with Crippen molar-refractivity contribution < 1.29 is 0 Å². The van der Waals surface area contributed by atoms with E-state index in [0.717, 1.165) is 12.3 Å². The van der Waals surface area contributed by atoms with Crippen LogP contribution in [0.2, 0.25) is 0 Å². The van der Waals surface area contributed by atoms with E-state index in [-0.39, 0.29) is 0 Å². The molecule has 1 atom stereocenters. The molecule has 2 heteroatoms. The summed E-state index contributed by atoms with van der Waals surface area (Å²) in [5.41, 5.74) is 7.62. The van der Waals surface area contributed by atoms with Crippen LogP contribution >= 0.6 is 11.3 Å². The lowest BCUT2D eigenvalue weighted by molar-refractivity contribution is 0.317. The third-order valence-corrected chi connectivity index (χ3v) is 4.17. The summed E-state index contributed by atoms with van der Waals surface area (Å²) in [7, 11) is 0. The highest BCUT2D eigenvalue weighted by Gasteiger charge is 2.16. The van der Waals surface area contributed by atoms with Gasteiger partial charge >= 0.3 is 0 Å². The van der Waals surface area contributed by atoms with Crippen molar-refractivity contribution in [2.24, 2.45) is 11.7 Å². The molecule has 0 aliphatic heterocycles. The summed E-state index contributed by atoms with van der Waals surface area (Å²) < 4.78 is 0. The Labute approximate surface area is 96.7 Å². The third kappa shape index (κ3) is 3.62. The summed E-state index contributed by atoms with van der Waals surface area (Å²) in [5.74, 6) is 0.910. The molecule has 1 aromatic rings. The zero-order valence-electron chi connectivity index (χ0n) is 9.32. The molecule has 1 saturated carbocycles. The average Bonchev–Trinajstić information content (AvgIpc) is 2.71. The fraction of sp³-hybridized carbons (Fsp3) is 0.692. The van der Waals surface area contributed by atoms with Gasteiger partial charge in [0.1, 0.15) is 0 Å². The fourth-order valence-electron chi connectivity index (χ4n) is 2.65. The maximum absolute atomic E-state index is 6.20. The summed E-state index contributed by atoms with van der Waals surface area (Å²) in [6.45, 7) is 0. The van der Waals surface area contributed by atoms with Crippen molar-refractivity contribution in [2.45, 2.75) is 51.0 Å². The third-order valence-electron chi connectivity index (χ3n) is 3.44. The Morgan fingerprint density at radius 2 is 2.13 bits per heavy atom. The minimum absolute atomic E-state index is 0.377. The molecule has 0 aromatic carbocycles. The van der Waals surface area contributed by atoms with E-state index in [0.29, 0.717) is 6.04 Å². The van der Waals surface area contributed by atoms with Crippen LogP contribution in [-0.4, -0.2) is 6.04 Å². The van der Waals surface area contributed by atoms with Crippen LogP contribution in [-0.2, 0) is 6.42 Å². The van der Waals surface area contributed by atoms with Crippen molar-refractivity contribution in [1.29, 1.82) is 0 Å². The molecule has 1 nitrogen and oxygen atoms in total. The summed E-state index contributed by atoms with van der Waals surface area (Å²) in [4.78, 5) is 0. The lowest BCUT2D eigenvalue weighted by Gasteiger charge is -2.24. The summed E-state index contributed by atoms with van der Waals surface area (Å²) in [6, 6.07) is 2.58. The van der Waals surface area contributed by atoms with Crippen LogP contribution in [0.15, 0.2) is 16.8 Å². The predicted octanol–water partition coefficient (Wildman–Crippen LogP) is 3.59. The smallest absolute Gasteiger partial charge is 0.00822 e. The zero-order chi connectivity index (χ0) is 10.5. The highest BCUT2D eigenvalue weighted by atomic mass is 32.1. The van der Waals surface area contributed by atoms with Gasteiger partial charge in [0.05, 0.1) is 0 Å². The van der Waals surface area contributed by atoms with Crippen molar-refractivity contribution >= 4 is 11.3 Å². The predicted molar refractivity (Wildman–Crippen MR) is 67.2 cm³/mol. The quantitative estimate of drug-likeness (QED) is 0.829. The number of hydrogen-bond acceptors (Lipinski definition) is 2. The van der Waals surface area contributed by atoms with Gasteiger partial charge < -0.3 is 5.73 Å². The van der Waals surface area contributed by atoms with Crippen LogP contribution in [0.3, 0.4) is 0 Å². The monoisotopic (exact) mass is 223 g/mol. The van der Waals surface area contributed by atoms with Crippen molar-refractivity contribution in [1.82, 2.24) is 0 Å². The van der Waals surface area contributed by atoms with Gasteiger partial charge in [0.2, 0.25) is 0 Å². The molecule has 1 fully saturated rings. The molecule has 0 spiro atoms. The summed E-state index contributed by atoms with van der Waals surface area (Å²) >= 11 is 1.77. The number of hydrogen-bond donors (Lipinski definition) is 1. The van der Waals surface area contributed by atoms with Crippen molar-refractivity contribution in [2.75, 3.05) is 0 Å². The van der Waals surface area contributed by atoms with E-state index in [1.165, 1.54) is 44.1 Å². The van der Waals surface area contributed by atoms with E-state index < -0.39 is 0 Å². The molecule has 1 unspecified atom stereocenters. The van der Waals surface area contributed by atoms with Crippen LogP contribution in [0.25, 0.3) is 0 Å². The minimum Gasteiger partial charge on any atom is -0.327 e. The SMILES string of the molecule is NC(Cc1ccsc1)CC1CCCCC1. The minimum atomic E-state index is 0.377. The second-order valence-corrected chi connectivity index (χ2v) is 5.62. The molecule has 0 radical (unpaired) electrons. The molecule has 1 aliphatic carbocycles. The van der Waals surface area contributed by atoms with Crippen molar-refractivity contribution in [3.63, 3.8) is 0 Å². The first-order valence-electron chi connectivity index (χ1n) is 6.11. The van der Waals surface area contributed by atoms with Gasteiger partial charge in [-0.05, 0) is 41.1 Å². The van der Waals surface area contributed by atoms with E-state index in [1.807, 2.05) is 0 Å². The van der Waals surface area contributed by atoms with Gasteiger partial charge in [0, 0.05) is 6.04 Å². The molecule has 84 valence electrons. The molecule has 2 rings (SSSR count). The molecule has 0 amide bonds. The van der Waals surface area contributed by atoms with Gasteiger partial charge in [-0.3, -0.25) is 0 Å². The lowest BCUT2D eigenvalue weighted by atomic mass is 9.84. The number of rotatable bonds is 4. The lowest BCUT2D eigenvalue weighted by Crippen LogP contribution is -2.26. The Kier molecular flexibility index (Phi) is 4.21. The van der Waals surface area contributed by atoms with E-state index in [1.54, 1.807) is 11.3 Å². The van der Waals surface area contributed by atoms with Crippen LogP contribution in [0.5, 0.6) is 0 Å². The molecule has 0 bridgehead atoms. The number of thiophene rings is 1. The van der Waals surface area contributed by atoms with Gasteiger partial charge in [-0.2, -0.15) is 11.3 Å². The molecule has 1 heterocycles. The molecule has 1 aromatic heterocycles. The van der Waals surface area contributed by atoms with E-state index in [4.69, 9.17) is 5.73 Å². The highest BCUT2D eigenvalue weighted by Crippen LogP contribution is 2.27. The molecular formula is C13H21NS. The Balaban J connectivity index is 1.74. The molecule has 2 N–H and O–H groups in total. The molecule has 0 saturated heterocycles. The van der Waals surface area contributed by atoms with Gasteiger partial charge in [0.15, 0.2) is 0 Å². The van der Waals surface area contributed by atoms with Crippen LogP contribution in [0.4, 0.5) is 0 Å². The van der Waals surface area contributed by atoms with E-state index in [2.05, 4.69) is 16.8 Å². The first kappa shape index (κ1) is 11.2. The maximum atomic E-state index is 6.20. The van der Waals surface area contributed by atoms with Crippen molar-refractivity contribution in [3.8, 4) is 0 Å². The molecular weight excluding hydrogens is 202 g/mol. The van der Waals surface area contributed by atoms with Crippen molar-refractivity contribution in [3.05, 3.63) is 22.4 Å². The number of nitrogens with two attached hydrogens (primary N) is 1. The first-order valence-corrected chi connectivity index (χ1v) is 7.05. The Hall–Kier alpha value is -0.340. The average molecular weight is 223 g/mol. The molecule has 15 heavy (non-hydrogen) atoms. The maximum Gasteiger partial charge on any atom is 0.00822 e. The fourth-order valence-corrected chi connectivity index (χ4v) is 3.33.